The average molecular weight is 417 g/mol. The highest BCUT2D eigenvalue weighted by Gasteiger charge is 2.44. The molecule has 1 aliphatic heterocycles. The Labute approximate surface area is 168 Å². The molecular formula is C18H19N5O7. The number of nitrogens with one attached hydrogen (secondary N) is 2. The summed E-state index contributed by atoms with van der Waals surface area (Å²) in [7, 11) is 0. The first-order chi connectivity index (χ1) is 14.5. The molecule has 1 fully saturated rings. The molecule has 12 heteroatoms. The Balaban J connectivity index is 1.55. The van der Waals surface area contributed by atoms with Crippen LogP contribution in [-0.2, 0) is 9.53 Å². The average Bonchev–Trinajstić information content (AvgIpc) is 3.29. The van der Waals surface area contributed by atoms with Crippen LogP contribution in [0.5, 0.6) is 5.75 Å². The van der Waals surface area contributed by atoms with Gasteiger partial charge in [-0.15, -0.1) is 0 Å². The van der Waals surface area contributed by atoms with Crippen LogP contribution in [-0.4, -0.2) is 72.3 Å². The molecular weight excluding hydrogens is 398 g/mol. The molecule has 0 unspecified atom stereocenters. The molecule has 12 nitrogen and oxygen atoms in total. The molecule has 2 aromatic heterocycles. The summed E-state index contributed by atoms with van der Waals surface area (Å²) in [5.74, 6) is -0.199. The van der Waals surface area contributed by atoms with Crippen LogP contribution in [0.3, 0.4) is 0 Å². The van der Waals surface area contributed by atoms with Gasteiger partial charge in [0.2, 0.25) is 5.95 Å². The van der Waals surface area contributed by atoms with Crippen LogP contribution in [0.15, 0.2) is 41.5 Å². The van der Waals surface area contributed by atoms with Gasteiger partial charge in [-0.3, -0.25) is 24.5 Å². The first-order valence-corrected chi connectivity index (χ1v) is 9.05. The summed E-state index contributed by atoms with van der Waals surface area (Å²) in [6.07, 6.45) is -3.61. The normalized spacial score (nSPS) is 23.6. The van der Waals surface area contributed by atoms with Crippen molar-refractivity contribution in [3.63, 3.8) is 0 Å². The zero-order valence-corrected chi connectivity index (χ0v) is 15.5. The lowest BCUT2D eigenvalue weighted by molar-refractivity contribution is -0.118. The van der Waals surface area contributed by atoms with Crippen molar-refractivity contribution in [2.24, 2.45) is 0 Å². The molecule has 5 N–H and O–H groups in total. The van der Waals surface area contributed by atoms with Crippen LogP contribution in [0.2, 0.25) is 0 Å². The fourth-order valence-electron chi connectivity index (χ4n) is 3.12. The number of aromatic amines is 1. The number of H-pyrrole nitrogens is 1. The fraction of sp³-hybridized carbons (Fsp3) is 0.333. The summed E-state index contributed by atoms with van der Waals surface area (Å²) in [6, 6.07) is 8.73. The van der Waals surface area contributed by atoms with Gasteiger partial charge in [0.15, 0.2) is 24.0 Å². The number of anilines is 1. The van der Waals surface area contributed by atoms with Crippen molar-refractivity contribution in [1.82, 2.24) is 19.5 Å². The van der Waals surface area contributed by atoms with Crippen LogP contribution in [0.4, 0.5) is 5.95 Å². The number of hydrogen-bond donors (Lipinski definition) is 5. The van der Waals surface area contributed by atoms with Crippen molar-refractivity contribution in [2.45, 2.75) is 24.5 Å². The van der Waals surface area contributed by atoms with Gasteiger partial charge >= 0.3 is 0 Å². The number of benzene rings is 1. The highest BCUT2D eigenvalue weighted by molar-refractivity contribution is 5.90. The number of amides is 1. The Bertz CT molecular complexity index is 1100. The minimum atomic E-state index is -1.38. The van der Waals surface area contributed by atoms with E-state index in [-0.39, 0.29) is 23.7 Å². The van der Waals surface area contributed by atoms with E-state index in [1.54, 1.807) is 24.3 Å². The van der Waals surface area contributed by atoms with Gasteiger partial charge in [0.25, 0.3) is 11.5 Å². The van der Waals surface area contributed by atoms with Gasteiger partial charge in [0.05, 0.1) is 12.9 Å². The number of para-hydroxylation sites is 1. The summed E-state index contributed by atoms with van der Waals surface area (Å²) in [4.78, 5) is 35.0. The number of aliphatic hydroxyl groups is 3. The van der Waals surface area contributed by atoms with Gasteiger partial charge in [0, 0.05) is 0 Å². The topological polar surface area (TPSA) is 172 Å². The van der Waals surface area contributed by atoms with Crippen molar-refractivity contribution in [3.8, 4) is 5.75 Å². The maximum absolute atomic E-state index is 12.3. The molecule has 158 valence electrons. The molecule has 30 heavy (non-hydrogen) atoms. The number of fused-ring (bicyclic) bond motifs is 1. The standard InChI is InChI=1S/C18H19N5O7/c24-6-10-13(26)14(27)17(30-10)23-8-19-12-15(23)21-18(22-16(12)28)20-11(25)7-29-9-4-2-1-3-5-9/h1-5,8,10,13-14,17,24,26-27H,6-7H2,(H2,20,21,22,25,28)/t10-,13+,14+,17-/m0/s1. The number of carbonyl (C=O) groups excluding carboxylic acids is 1. The number of carbonyl (C=O) groups is 1. The quantitative estimate of drug-likeness (QED) is 0.328. The zero-order valence-electron chi connectivity index (χ0n) is 15.5. The Morgan fingerprint density at radius 1 is 1.27 bits per heavy atom. The van der Waals surface area contributed by atoms with E-state index in [4.69, 9.17) is 9.47 Å². The Morgan fingerprint density at radius 3 is 2.73 bits per heavy atom. The van der Waals surface area contributed by atoms with Crippen molar-refractivity contribution >= 4 is 23.0 Å². The molecule has 0 aliphatic carbocycles. The third-order valence-electron chi connectivity index (χ3n) is 4.59. The molecule has 1 aromatic carbocycles. The van der Waals surface area contributed by atoms with E-state index in [9.17, 15) is 24.9 Å². The van der Waals surface area contributed by atoms with Gasteiger partial charge in [-0.1, -0.05) is 18.2 Å². The van der Waals surface area contributed by atoms with Crippen LogP contribution >= 0.6 is 0 Å². The Kier molecular flexibility index (Phi) is 5.46. The number of aliphatic hydroxyl groups excluding tert-OH is 3. The van der Waals surface area contributed by atoms with E-state index < -0.39 is 42.6 Å². The maximum Gasteiger partial charge on any atom is 0.280 e. The number of aromatic nitrogens is 4. The summed E-state index contributed by atoms with van der Waals surface area (Å²) >= 11 is 0. The first-order valence-electron chi connectivity index (χ1n) is 9.05. The lowest BCUT2D eigenvalue weighted by atomic mass is 10.1. The minimum absolute atomic E-state index is 0.0212. The Morgan fingerprint density at radius 2 is 2.03 bits per heavy atom. The van der Waals surface area contributed by atoms with Crippen molar-refractivity contribution in [1.29, 1.82) is 0 Å². The lowest BCUT2D eigenvalue weighted by Gasteiger charge is -2.16. The number of hydrogen-bond acceptors (Lipinski definition) is 9. The summed E-state index contributed by atoms with van der Waals surface area (Å²) in [5, 5.41) is 31.9. The van der Waals surface area contributed by atoms with Crippen LogP contribution in [0, 0.1) is 0 Å². The van der Waals surface area contributed by atoms with Gasteiger partial charge in [-0.25, -0.2) is 4.98 Å². The number of rotatable bonds is 6. The van der Waals surface area contributed by atoms with E-state index >= 15 is 0 Å². The molecule has 4 rings (SSSR count). The second-order valence-electron chi connectivity index (χ2n) is 6.62. The molecule has 3 aromatic rings. The smallest absolute Gasteiger partial charge is 0.280 e. The largest absolute Gasteiger partial charge is 0.484 e. The molecule has 1 saturated heterocycles. The number of nitrogens with zero attached hydrogens (tertiary/aromatic N) is 3. The Hall–Kier alpha value is -3.32. The number of ether oxygens (including phenoxy) is 2. The summed E-state index contributed by atoms with van der Waals surface area (Å²) in [6.45, 7) is -0.808. The van der Waals surface area contributed by atoms with E-state index in [2.05, 4.69) is 20.3 Å². The van der Waals surface area contributed by atoms with E-state index in [1.165, 1.54) is 10.9 Å². The van der Waals surface area contributed by atoms with Crippen LogP contribution < -0.4 is 15.6 Å². The SMILES string of the molecule is O=C(COc1ccccc1)Nc1nc2c(ncn2[C@H]2O[C@@H](CO)[C@@H](O)[C@H]2O)c(=O)[nH]1. The van der Waals surface area contributed by atoms with Gasteiger partial charge in [-0.05, 0) is 12.1 Å². The minimum Gasteiger partial charge on any atom is -0.484 e. The summed E-state index contributed by atoms with van der Waals surface area (Å²) < 4.78 is 12.0. The van der Waals surface area contributed by atoms with Gasteiger partial charge in [-0.2, -0.15) is 4.98 Å². The highest BCUT2D eigenvalue weighted by Crippen LogP contribution is 2.30. The lowest BCUT2D eigenvalue weighted by Crippen LogP contribution is -2.33. The molecule has 0 bridgehead atoms. The molecule has 0 saturated carbocycles. The van der Waals surface area contributed by atoms with Crippen molar-refractivity contribution in [3.05, 3.63) is 47.0 Å². The van der Waals surface area contributed by atoms with E-state index in [1.807, 2.05) is 6.07 Å². The third-order valence-corrected chi connectivity index (χ3v) is 4.59. The maximum atomic E-state index is 12.3. The second kappa shape index (κ2) is 8.20. The van der Waals surface area contributed by atoms with E-state index in [0.717, 1.165) is 0 Å². The molecule has 3 heterocycles. The zero-order chi connectivity index (χ0) is 21.3. The molecule has 4 atom stereocenters. The fourth-order valence-corrected chi connectivity index (χ4v) is 3.12. The second-order valence-corrected chi connectivity index (χ2v) is 6.62. The van der Waals surface area contributed by atoms with Gasteiger partial charge in [0.1, 0.15) is 24.1 Å². The first kappa shape index (κ1) is 20.0. The third kappa shape index (κ3) is 3.76. The van der Waals surface area contributed by atoms with Crippen molar-refractivity contribution < 1.29 is 29.6 Å². The predicted octanol–water partition coefficient (Wildman–Crippen LogP) is -1.25. The molecule has 1 aliphatic rings. The highest BCUT2D eigenvalue weighted by atomic mass is 16.6. The predicted molar refractivity (Wildman–Crippen MR) is 102 cm³/mol. The number of imidazole rings is 1. The van der Waals surface area contributed by atoms with Crippen LogP contribution in [0.1, 0.15) is 6.23 Å². The van der Waals surface area contributed by atoms with Gasteiger partial charge < -0.3 is 24.8 Å². The van der Waals surface area contributed by atoms with Crippen LogP contribution in [0.25, 0.3) is 11.2 Å². The van der Waals surface area contributed by atoms with Crippen molar-refractivity contribution in [2.75, 3.05) is 18.5 Å². The monoisotopic (exact) mass is 417 g/mol. The van der Waals surface area contributed by atoms with E-state index in [0.29, 0.717) is 5.75 Å². The molecule has 0 radical (unpaired) electrons. The molecule has 0 spiro atoms. The summed E-state index contributed by atoms with van der Waals surface area (Å²) in [5.41, 5.74) is -0.649. The molecule has 1 amide bonds.